The zero-order valence-electron chi connectivity index (χ0n) is 19.4. The summed E-state index contributed by atoms with van der Waals surface area (Å²) >= 11 is 12.2. The van der Waals surface area contributed by atoms with Crippen LogP contribution < -0.4 is 5.32 Å². The van der Waals surface area contributed by atoms with E-state index >= 15 is 0 Å². The minimum atomic E-state index is -3.96. The Balaban J connectivity index is 1.94. The van der Waals surface area contributed by atoms with E-state index in [0.717, 1.165) is 39.5 Å². The summed E-state index contributed by atoms with van der Waals surface area (Å²) in [6.07, 6.45) is 1.50. The predicted octanol–water partition coefficient (Wildman–Crippen LogP) is 6.26. The average Bonchev–Trinajstić information content (AvgIpc) is 2.81. The summed E-state index contributed by atoms with van der Waals surface area (Å²) < 4.78 is 28.2. The number of anilines is 1. The lowest BCUT2D eigenvalue weighted by atomic mass is 10.0. The number of hydrogen-bond acceptors (Lipinski definition) is 3. The number of nitrogens with one attached hydrogen (secondary N) is 1. The van der Waals surface area contributed by atoms with Gasteiger partial charge in [0.05, 0.1) is 21.5 Å². The Morgan fingerprint density at radius 1 is 0.912 bits per heavy atom. The first-order valence-corrected chi connectivity index (χ1v) is 13.3. The summed E-state index contributed by atoms with van der Waals surface area (Å²) in [5.41, 5.74) is 4.33. The van der Waals surface area contributed by atoms with Crippen molar-refractivity contribution in [3.63, 3.8) is 0 Å². The highest BCUT2D eigenvalue weighted by molar-refractivity contribution is 7.89. The van der Waals surface area contributed by atoms with Crippen LogP contribution in [0.25, 0.3) is 0 Å². The topological polar surface area (TPSA) is 66.5 Å². The van der Waals surface area contributed by atoms with Gasteiger partial charge in [-0.1, -0.05) is 79.0 Å². The first-order valence-electron chi connectivity index (χ1n) is 11.1. The van der Waals surface area contributed by atoms with Gasteiger partial charge in [-0.15, -0.1) is 0 Å². The summed E-state index contributed by atoms with van der Waals surface area (Å²) in [6.45, 7) is 5.54. The quantitative estimate of drug-likeness (QED) is 0.363. The average molecular weight is 519 g/mol. The molecule has 0 aliphatic rings. The lowest BCUT2D eigenvalue weighted by Crippen LogP contribution is -2.37. The molecule has 180 valence electrons. The first kappa shape index (κ1) is 26.2. The maximum absolute atomic E-state index is 13.5. The third-order valence-electron chi connectivity index (χ3n) is 5.58. The van der Waals surface area contributed by atoms with Crippen LogP contribution in [0.4, 0.5) is 5.69 Å². The van der Waals surface area contributed by atoms with Gasteiger partial charge in [-0.2, -0.15) is 4.31 Å². The van der Waals surface area contributed by atoms with E-state index in [1.807, 2.05) is 39.0 Å². The lowest BCUT2D eigenvalue weighted by Gasteiger charge is -2.23. The van der Waals surface area contributed by atoms with Crippen LogP contribution in [0.2, 0.25) is 10.0 Å². The van der Waals surface area contributed by atoms with Crippen molar-refractivity contribution in [2.75, 3.05) is 11.9 Å². The molecule has 5 nitrogen and oxygen atoms in total. The first-order chi connectivity index (χ1) is 16.1. The zero-order chi connectivity index (χ0) is 24.9. The number of carbonyl (C=O) groups is 1. The van der Waals surface area contributed by atoms with Gasteiger partial charge in [-0.25, -0.2) is 8.42 Å². The van der Waals surface area contributed by atoms with Gasteiger partial charge >= 0.3 is 0 Å². The minimum absolute atomic E-state index is 0.0312. The van der Waals surface area contributed by atoms with Gasteiger partial charge < -0.3 is 5.32 Å². The molecule has 1 N–H and O–H groups in total. The molecule has 0 spiro atoms. The third kappa shape index (κ3) is 6.19. The molecule has 0 aliphatic carbocycles. The fourth-order valence-electron chi connectivity index (χ4n) is 3.67. The van der Waals surface area contributed by atoms with E-state index < -0.39 is 15.9 Å². The molecular formula is C26H28Cl2N2O3S. The number of carbonyl (C=O) groups excluding carboxylic acids is 1. The molecule has 3 aromatic rings. The largest absolute Gasteiger partial charge is 0.324 e. The van der Waals surface area contributed by atoms with Crippen molar-refractivity contribution in [2.45, 2.75) is 45.1 Å². The molecule has 34 heavy (non-hydrogen) atoms. The van der Waals surface area contributed by atoms with E-state index in [9.17, 15) is 13.2 Å². The Bertz CT molecular complexity index is 1250. The number of halogens is 2. The maximum atomic E-state index is 13.5. The van der Waals surface area contributed by atoms with Crippen molar-refractivity contribution in [1.82, 2.24) is 4.31 Å². The minimum Gasteiger partial charge on any atom is -0.324 e. The van der Waals surface area contributed by atoms with E-state index in [0.29, 0.717) is 15.6 Å². The normalized spacial score (nSPS) is 11.6. The monoisotopic (exact) mass is 518 g/mol. The number of aryl methyl sites for hydroxylation is 3. The Labute approximate surface area is 211 Å². The molecule has 0 unspecified atom stereocenters. The summed E-state index contributed by atoms with van der Waals surface area (Å²) in [5, 5.41) is 3.65. The summed E-state index contributed by atoms with van der Waals surface area (Å²) in [6, 6.07) is 17.4. The molecule has 0 heterocycles. The SMILES string of the molecule is CCc1cccc(CC)c1NC(=O)CN(Cc1ccc(Cl)c(Cl)c1)S(=O)(=O)c1ccc(C)cc1. The van der Waals surface area contributed by atoms with Crippen molar-refractivity contribution in [3.8, 4) is 0 Å². The molecule has 3 aromatic carbocycles. The third-order valence-corrected chi connectivity index (χ3v) is 8.13. The molecule has 1 amide bonds. The molecule has 0 saturated carbocycles. The van der Waals surface area contributed by atoms with E-state index in [1.165, 1.54) is 0 Å². The molecule has 0 aromatic heterocycles. The zero-order valence-corrected chi connectivity index (χ0v) is 21.8. The molecule has 0 atom stereocenters. The van der Waals surface area contributed by atoms with Crippen molar-refractivity contribution in [1.29, 1.82) is 0 Å². The van der Waals surface area contributed by atoms with Crippen LogP contribution in [0.1, 0.15) is 36.1 Å². The number of sulfonamides is 1. The number of hydrogen-bond donors (Lipinski definition) is 1. The number of rotatable bonds is 9. The van der Waals surface area contributed by atoms with E-state index in [-0.39, 0.29) is 18.0 Å². The number of para-hydroxylation sites is 1. The molecular weight excluding hydrogens is 491 g/mol. The molecule has 8 heteroatoms. The van der Waals surface area contributed by atoms with Crippen molar-refractivity contribution >= 4 is 44.8 Å². The second-order valence-electron chi connectivity index (χ2n) is 8.04. The van der Waals surface area contributed by atoms with Gasteiger partial charge in [-0.3, -0.25) is 4.79 Å². The van der Waals surface area contributed by atoms with Crippen LogP contribution in [0.5, 0.6) is 0 Å². The Hall–Kier alpha value is -2.38. The number of nitrogens with zero attached hydrogens (tertiary/aromatic N) is 1. The van der Waals surface area contributed by atoms with Crippen LogP contribution in [-0.4, -0.2) is 25.2 Å². The van der Waals surface area contributed by atoms with Gasteiger partial charge in [0.25, 0.3) is 0 Å². The molecule has 0 bridgehead atoms. The highest BCUT2D eigenvalue weighted by Gasteiger charge is 2.27. The van der Waals surface area contributed by atoms with Crippen LogP contribution >= 0.6 is 23.2 Å². The summed E-state index contributed by atoms with van der Waals surface area (Å²) in [5.74, 6) is -0.411. The van der Waals surface area contributed by atoms with Crippen LogP contribution in [-0.2, 0) is 34.2 Å². The van der Waals surface area contributed by atoms with Gasteiger partial charge in [0.15, 0.2) is 0 Å². The van der Waals surface area contributed by atoms with Gasteiger partial charge in [0, 0.05) is 12.2 Å². The second-order valence-corrected chi connectivity index (χ2v) is 10.8. The van der Waals surface area contributed by atoms with E-state index in [2.05, 4.69) is 5.32 Å². The highest BCUT2D eigenvalue weighted by Crippen LogP contribution is 2.26. The summed E-state index contributed by atoms with van der Waals surface area (Å²) in [7, 11) is -3.96. The van der Waals surface area contributed by atoms with Gasteiger partial charge in [0.1, 0.15) is 0 Å². The Morgan fingerprint density at radius 3 is 2.09 bits per heavy atom. The Morgan fingerprint density at radius 2 is 1.53 bits per heavy atom. The fraction of sp³-hybridized carbons (Fsp3) is 0.269. The Kier molecular flexibility index (Phi) is 8.77. The summed E-state index contributed by atoms with van der Waals surface area (Å²) in [4.78, 5) is 13.3. The standard InChI is InChI=1S/C26H28Cl2N2O3S/c1-4-20-7-6-8-21(5-2)26(20)29-25(31)17-30(16-19-11-14-23(27)24(28)15-19)34(32,33)22-12-9-18(3)10-13-22/h6-15H,4-5,16-17H2,1-3H3,(H,29,31). The molecule has 0 saturated heterocycles. The maximum Gasteiger partial charge on any atom is 0.243 e. The molecule has 0 aliphatic heterocycles. The molecule has 3 rings (SSSR count). The highest BCUT2D eigenvalue weighted by atomic mass is 35.5. The molecule has 0 radical (unpaired) electrons. The van der Waals surface area contributed by atoms with Crippen molar-refractivity contribution < 1.29 is 13.2 Å². The van der Waals surface area contributed by atoms with Crippen LogP contribution in [0.15, 0.2) is 65.6 Å². The number of amides is 1. The van der Waals surface area contributed by atoms with Crippen molar-refractivity contribution in [3.05, 3.63) is 93.0 Å². The van der Waals surface area contributed by atoms with E-state index in [4.69, 9.17) is 23.2 Å². The number of benzene rings is 3. The van der Waals surface area contributed by atoms with Gasteiger partial charge in [0.2, 0.25) is 15.9 Å². The van der Waals surface area contributed by atoms with E-state index in [1.54, 1.807) is 42.5 Å². The van der Waals surface area contributed by atoms with Gasteiger partial charge in [-0.05, 0) is 60.7 Å². The smallest absolute Gasteiger partial charge is 0.243 e. The van der Waals surface area contributed by atoms with Crippen molar-refractivity contribution in [2.24, 2.45) is 0 Å². The fourth-order valence-corrected chi connectivity index (χ4v) is 5.37. The molecule has 0 fully saturated rings. The van der Waals surface area contributed by atoms with Crippen LogP contribution in [0.3, 0.4) is 0 Å². The lowest BCUT2D eigenvalue weighted by molar-refractivity contribution is -0.116. The second kappa shape index (κ2) is 11.4. The van der Waals surface area contributed by atoms with Crippen LogP contribution in [0, 0.1) is 6.92 Å². The predicted molar refractivity (Wildman–Crippen MR) is 139 cm³/mol.